The van der Waals surface area contributed by atoms with Crippen LogP contribution in [0.3, 0.4) is 0 Å². The molecule has 0 amide bonds. The molecule has 0 aliphatic carbocycles. The van der Waals surface area contributed by atoms with Crippen LogP contribution < -0.4 is 4.72 Å². The summed E-state index contributed by atoms with van der Waals surface area (Å²) in [6, 6.07) is 3.69. The Morgan fingerprint density at radius 2 is 2.00 bits per heavy atom. The zero-order valence-corrected chi connectivity index (χ0v) is 10.8. The molecule has 0 spiro atoms. The SMILES string of the molecule is Cc1ccc(S(=O)(=O)NC(C)(C)CO)cc1F. The Morgan fingerprint density at radius 3 is 2.47 bits per heavy atom. The molecule has 1 aromatic carbocycles. The van der Waals surface area contributed by atoms with Gasteiger partial charge in [0.2, 0.25) is 10.0 Å². The smallest absolute Gasteiger partial charge is 0.241 e. The van der Waals surface area contributed by atoms with E-state index in [4.69, 9.17) is 5.11 Å². The van der Waals surface area contributed by atoms with Crippen LogP contribution in [0, 0.1) is 12.7 Å². The standard InChI is InChI=1S/C11H16FNO3S/c1-8-4-5-9(6-10(8)12)17(15,16)13-11(2,3)7-14/h4-6,13-14H,7H2,1-3H3. The molecule has 2 N–H and O–H groups in total. The maximum Gasteiger partial charge on any atom is 0.241 e. The molecule has 0 unspecified atom stereocenters. The van der Waals surface area contributed by atoms with Crippen LogP contribution >= 0.6 is 0 Å². The highest BCUT2D eigenvalue weighted by Gasteiger charge is 2.25. The van der Waals surface area contributed by atoms with E-state index in [1.165, 1.54) is 26.0 Å². The fraction of sp³-hybridized carbons (Fsp3) is 0.455. The average Bonchev–Trinajstić information content (AvgIpc) is 2.20. The summed E-state index contributed by atoms with van der Waals surface area (Å²) in [4.78, 5) is -0.151. The fourth-order valence-corrected chi connectivity index (χ4v) is 2.61. The van der Waals surface area contributed by atoms with Gasteiger partial charge in [0.25, 0.3) is 0 Å². The lowest BCUT2D eigenvalue weighted by atomic mass is 10.1. The van der Waals surface area contributed by atoms with Crippen LogP contribution in [0.25, 0.3) is 0 Å². The van der Waals surface area contributed by atoms with E-state index in [-0.39, 0.29) is 11.5 Å². The van der Waals surface area contributed by atoms with Gasteiger partial charge in [0, 0.05) is 0 Å². The highest BCUT2D eigenvalue weighted by atomic mass is 32.2. The van der Waals surface area contributed by atoms with Crippen molar-refractivity contribution in [2.45, 2.75) is 31.2 Å². The van der Waals surface area contributed by atoms with Crippen molar-refractivity contribution in [2.75, 3.05) is 6.61 Å². The van der Waals surface area contributed by atoms with E-state index in [2.05, 4.69) is 4.72 Å². The predicted octanol–water partition coefficient (Wildman–Crippen LogP) is 1.18. The number of aryl methyl sites for hydroxylation is 1. The first-order chi connectivity index (χ1) is 7.68. The van der Waals surface area contributed by atoms with Gasteiger partial charge >= 0.3 is 0 Å². The summed E-state index contributed by atoms with van der Waals surface area (Å²) >= 11 is 0. The van der Waals surface area contributed by atoms with Crippen LogP contribution in [-0.4, -0.2) is 25.7 Å². The van der Waals surface area contributed by atoms with Crippen LogP contribution in [0.1, 0.15) is 19.4 Å². The quantitative estimate of drug-likeness (QED) is 0.855. The Morgan fingerprint density at radius 1 is 1.41 bits per heavy atom. The van der Waals surface area contributed by atoms with Crippen molar-refractivity contribution in [2.24, 2.45) is 0 Å². The summed E-state index contributed by atoms with van der Waals surface area (Å²) in [5.41, 5.74) is -0.606. The summed E-state index contributed by atoms with van der Waals surface area (Å²) in [6.07, 6.45) is 0. The maximum atomic E-state index is 13.3. The lowest BCUT2D eigenvalue weighted by molar-refractivity contribution is 0.208. The van der Waals surface area contributed by atoms with E-state index < -0.39 is 21.4 Å². The minimum absolute atomic E-state index is 0.151. The molecule has 0 bridgehead atoms. The van der Waals surface area contributed by atoms with Gasteiger partial charge in [0.1, 0.15) is 5.82 Å². The van der Waals surface area contributed by atoms with E-state index in [9.17, 15) is 12.8 Å². The van der Waals surface area contributed by atoms with Crippen LogP contribution in [-0.2, 0) is 10.0 Å². The molecule has 0 radical (unpaired) electrons. The minimum Gasteiger partial charge on any atom is -0.394 e. The molecule has 4 nitrogen and oxygen atoms in total. The number of nitrogens with one attached hydrogen (secondary N) is 1. The molecule has 0 heterocycles. The lowest BCUT2D eigenvalue weighted by Gasteiger charge is -2.23. The third-order valence-corrected chi connectivity index (χ3v) is 3.96. The van der Waals surface area contributed by atoms with E-state index in [1.807, 2.05) is 0 Å². The zero-order chi connectivity index (χ0) is 13.3. The molecular weight excluding hydrogens is 245 g/mol. The van der Waals surface area contributed by atoms with E-state index in [0.717, 1.165) is 6.07 Å². The third kappa shape index (κ3) is 3.49. The number of halogens is 1. The van der Waals surface area contributed by atoms with Crippen molar-refractivity contribution < 1.29 is 17.9 Å². The van der Waals surface area contributed by atoms with Crippen LogP contribution in [0.4, 0.5) is 4.39 Å². The Labute approximate surface area is 101 Å². The molecule has 0 aromatic heterocycles. The number of aliphatic hydroxyl groups is 1. The van der Waals surface area contributed by atoms with Crippen molar-refractivity contribution in [3.05, 3.63) is 29.6 Å². The largest absolute Gasteiger partial charge is 0.394 e. The van der Waals surface area contributed by atoms with Crippen LogP contribution in [0.2, 0.25) is 0 Å². The van der Waals surface area contributed by atoms with Gasteiger partial charge in [0.15, 0.2) is 0 Å². The van der Waals surface area contributed by atoms with E-state index in [1.54, 1.807) is 6.92 Å². The predicted molar refractivity (Wildman–Crippen MR) is 62.6 cm³/mol. The number of sulfonamides is 1. The van der Waals surface area contributed by atoms with Gasteiger partial charge in [-0.1, -0.05) is 6.07 Å². The molecule has 0 atom stereocenters. The first kappa shape index (κ1) is 14.1. The third-order valence-electron chi connectivity index (χ3n) is 2.26. The summed E-state index contributed by atoms with van der Waals surface area (Å²) in [6.45, 7) is 4.28. The lowest BCUT2D eigenvalue weighted by Crippen LogP contribution is -2.46. The van der Waals surface area contributed by atoms with Crippen molar-refractivity contribution in [3.63, 3.8) is 0 Å². The Bertz CT molecular complexity index is 511. The molecule has 0 aliphatic heterocycles. The number of benzene rings is 1. The second-order valence-electron chi connectivity index (χ2n) is 4.56. The van der Waals surface area contributed by atoms with Gasteiger partial charge in [-0.25, -0.2) is 17.5 Å². The van der Waals surface area contributed by atoms with Crippen molar-refractivity contribution in [1.82, 2.24) is 4.72 Å². The summed E-state index contributed by atoms with van der Waals surface area (Å²) in [5, 5.41) is 9.00. The Kier molecular flexibility index (Phi) is 3.91. The number of hydrogen-bond acceptors (Lipinski definition) is 3. The summed E-state index contributed by atoms with van der Waals surface area (Å²) < 4.78 is 39.3. The molecule has 6 heteroatoms. The highest BCUT2D eigenvalue weighted by molar-refractivity contribution is 7.89. The first-order valence-electron chi connectivity index (χ1n) is 5.09. The summed E-state index contributed by atoms with van der Waals surface area (Å²) in [5.74, 6) is -0.574. The summed E-state index contributed by atoms with van der Waals surface area (Å²) in [7, 11) is -3.82. The Balaban J connectivity index is 3.10. The van der Waals surface area contributed by atoms with E-state index >= 15 is 0 Å². The number of rotatable bonds is 4. The number of aliphatic hydroxyl groups excluding tert-OH is 1. The van der Waals surface area contributed by atoms with Gasteiger partial charge in [-0.15, -0.1) is 0 Å². The van der Waals surface area contributed by atoms with Crippen molar-refractivity contribution >= 4 is 10.0 Å². The molecule has 0 fully saturated rings. The zero-order valence-electron chi connectivity index (χ0n) is 9.99. The van der Waals surface area contributed by atoms with E-state index in [0.29, 0.717) is 5.56 Å². The van der Waals surface area contributed by atoms with Gasteiger partial charge in [-0.2, -0.15) is 0 Å². The molecule has 1 rings (SSSR count). The second-order valence-corrected chi connectivity index (χ2v) is 6.24. The van der Waals surface area contributed by atoms with Crippen molar-refractivity contribution in [1.29, 1.82) is 0 Å². The second kappa shape index (κ2) is 4.72. The van der Waals surface area contributed by atoms with Gasteiger partial charge in [-0.3, -0.25) is 0 Å². The van der Waals surface area contributed by atoms with Crippen LogP contribution in [0.5, 0.6) is 0 Å². The van der Waals surface area contributed by atoms with Gasteiger partial charge in [0.05, 0.1) is 17.0 Å². The van der Waals surface area contributed by atoms with Gasteiger partial charge < -0.3 is 5.11 Å². The molecule has 0 saturated heterocycles. The fourth-order valence-electron chi connectivity index (χ4n) is 1.20. The highest BCUT2D eigenvalue weighted by Crippen LogP contribution is 2.16. The van der Waals surface area contributed by atoms with Gasteiger partial charge in [-0.05, 0) is 38.5 Å². The average molecular weight is 261 g/mol. The molecule has 0 aliphatic rings. The molecule has 0 saturated carbocycles. The maximum absolute atomic E-state index is 13.3. The first-order valence-corrected chi connectivity index (χ1v) is 6.57. The normalized spacial score (nSPS) is 12.8. The molecule has 1 aromatic rings. The van der Waals surface area contributed by atoms with Crippen molar-refractivity contribution in [3.8, 4) is 0 Å². The molecule has 96 valence electrons. The number of hydrogen-bond donors (Lipinski definition) is 2. The minimum atomic E-state index is -3.82. The molecule has 17 heavy (non-hydrogen) atoms. The van der Waals surface area contributed by atoms with Crippen LogP contribution in [0.15, 0.2) is 23.1 Å². The topological polar surface area (TPSA) is 66.4 Å². The monoisotopic (exact) mass is 261 g/mol. The molecular formula is C11H16FNO3S. The Hall–Kier alpha value is -0.980.